The van der Waals surface area contributed by atoms with Gasteiger partial charge in [-0.25, -0.2) is 0 Å². The molecule has 5 rings (SSSR count). The fourth-order valence-electron chi connectivity index (χ4n) is 4.79. The van der Waals surface area contributed by atoms with Gasteiger partial charge in [0.2, 0.25) is 11.2 Å². The molecule has 32 heavy (non-hydrogen) atoms. The van der Waals surface area contributed by atoms with Gasteiger partial charge < -0.3 is 18.6 Å². The molecule has 168 valence electrons. The molecule has 1 fully saturated rings. The van der Waals surface area contributed by atoms with Crippen LogP contribution in [0.5, 0.6) is 23.0 Å². The number of fused-ring (bicyclic) bond motifs is 3. The summed E-state index contributed by atoms with van der Waals surface area (Å²) >= 11 is 0. The van der Waals surface area contributed by atoms with Gasteiger partial charge in [0, 0.05) is 12.6 Å². The Morgan fingerprint density at radius 2 is 1.84 bits per heavy atom. The first-order valence-electron chi connectivity index (χ1n) is 11.5. The maximum absolute atomic E-state index is 13.4. The van der Waals surface area contributed by atoms with E-state index in [2.05, 4.69) is 4.90 Å². The van der Waals surface area contributed by atoms with E-state index in [0.29, 0.717) is 47.6 Å². The summed E-state index contributed by atoms with van der Waals surface area (Å²) in [6.07, 6.45) is 6.24. The van der Waals surface area contributed by atoms with E-state index in [1.165, 1.54) is 32.1 Å². The molecule has 0 unspecified atom stereocenters. The van der Waals surface area contributed by atoms with E-state index < -0.39 is 0 Å². The van der Waals surface area contributed by atoms with Crippen LogP contribution in [0, 0.1) is 6.92 Å². The van der Waals surface area contributed by atoms with Gasteiger partial charge in [-0.15, -0.1) is 0 Å². The summed E-state index contributed by atoms with van der Waals surface area (Å²) in [5.74, 6) is 2.51. The standard InChI is InChI=1S/C26H29NO5/c1-3-29-22-11-7-8-12-23(22)32-25-17(2)31-26-19(24(25)28)13-14-21-20(26)15-27(16-30-21)18-9-5-4-6-10-18/h7-8,11-14,18H,3-6,9-10,15-16H2,1-2H3. The third kappa shape index (κ3) is 3.84. The van der Waals surface area contributed by atoms with Crippen molar-refractivity contribution in [3.8, 4) is 23.0 Å². The van der Waals surface area contributed by atoms with E-state index in [1.54, 1.807) is 19.1 Å². The maximum Gasteiger partial charge on any atom is 0.235 e. The smallest absolute Gasteiger partial charge is 0.235 e. The molecule has 0 amide bonds. The summed E-state index contributed by atoms with van der Waals surface area (Å²) < 4.78 is 23.9. The summed E-state index contributed by atoms with van der Waals surface area (Å²) in [6, 6.07) is 11.5. The van der Waals surface area contributed by atoms with Gasteiger partial charge in [0.15, 0.2) is 11.5 Å². The largest absolute Gasteiger partial charge is 0.490 e. The molecule has 1 aliphatic heterocycles. The van der Waals surface area contributed by atoms with Gasteiger partial charge in [-0.2, -0.15) is 0 Å². The minimum absolute atomic E-state index is 0.186. The zero-order chi connectivity index (χ0) is 22.1. The number of nitrogens with zero attached hydrogens (tertiary/aromatic N) is 1. The van der Waals surface area contributed by atoms with Crippen molar-refractivity contribution >= 4 is 11.0 Å². The van der Waals surface area contributed by atoms with Crippen LogP contribution in [0.25, 0.3) is 11.0 Å². The highest BCUT2D eigenvalue weighted by Gasteiger charge is 2.29. The van der Waals surface area contributed by atoms with Crippen LogP contribution < -0.4 is 19.6 Å². The van der Waals surface area contributed by atoms with E-state index in [9.17, 15) is 4.79 Å². The van der Waals surface area contributed by atoms with Crippen LogP contribution in [-0.2, 0) is 6.54 Å². The first-order chi connectivity index (χ1) is 15.7. The van der Waals surface area contributed by atoms with Crippen LogP contribution in [0.3, 0.4) is 0 Å². The van der Waals surface area contributed by atoms with Crippen molar-refractivity contribution in [1.29, 1.82) is 0 Å². The average Bonchev–Trinajstić information content (AvgIpc) is 2.83. The number of ether oxygens (including phenoxy) is 3. The van der Waals surface area contributed by atoms with Crippen molar-refractivity contribution in [2.45, 2.75) is 58.5 Å². The van der Waals surface area contributed by atoms with E-state index in [0.717, 1.165) is 17.9 Å². The Bertz CT molecular complexity index is 1180. The zero-order valence-corrected chi connectivity index (χ0v) is 18.7. The van der Waals surface area contributed by atoms with Gasteiger partial charge in [-0.05, 0) is 51.0 Å². The summed E-state index contributed by atoms with van der Waals surface area (Å²) in [6.45, 7) is 5.50. The maximum atomic E-state index is 13.4. The van der Waals surface area contributed by atoms with Crippen molar-refractivity contribution < 1.29 is 18.6 Å². The van der Waals surface area contributed by atoms with Gasteiger partial charge in [0.05, 0.1) is 17.6 Å². The monoisotopic (exact) mass is 435 g/mol. The Morgan fingerprint density at radius 3 is 2.62 bits per heavy atom. The molecule has 0 atom stereocenters. The molecule has 2 aromatic carbocycles. The summed E-state index contributed by atoms with van der Waals surface area (Å²) in [4.78, 5) is 15.8. The highest BCUT2D eigenvalue weighted by atomic mass is 16.5. The number of para-hydroxylation sites is 2. The molecule has 0 spiro atoms. The van der Waals surface area contributed by atoms with Crippen molar-refractivity contribution in [3.05, 3.63) is 57.9 Å². The molecule has 0 radical (unpaired) electrons. The van der Waals surface area contributed by atoms with Crippen LogP contribution in [-0.4, -0.2) is 24.3 Å². The predicted octanol–water partition coefficient (Wildman–Crippen LogP) is 5.78. The Labute approximate surface area is 187 Å². The van der Waals surface area contributed by atoms with Gasteiger partial charge in [0.1, 0.15) is 23.8 Å². The quantitative estimate of drug-likeness (QED) is 0.506. The summed E-state index contributed by atoms with van der Waals surface area (Å²) in [5.41, 5.74) is 1.35. The van der Waals surface area contributed by atoms with Crippen molar-refractivity contribution in [2.24, 2.45) is 0 Å². The summed E-state index contributed by atoms with van der Waals surface area (Å²) in [5, 5.41) is 0.507. The Hall–Kier alpha value is -2.99. The first kappa shape index (κ1) is 20.9. The average molecular weight is 436 g/mol. The fourth-order valence-corrected chi connectivity index (χ4v) is 4.79. The third-order valence-electron chi connectivity index (χ3n) is 6.44. The zero-order valence-electron chi connectivity index (χ0n) is 18.7. The second kappa shape index (κ2) is 8.87. The second-order valence-corrected chi connectivity index (χ2v) is 8.53. The Kier molecular flexibility index (Phi) is 5.79. The predicted molar refractivity (Wildman–Crippen MR) is 123 cm³/mol. The fraction of sp³-hybridized carbons (Fsp3) is 0.423. The van der Waals surface area contributed by atoms with E-state index in [1.807, 2.05) is 31.2 Å². The lowest BCUT2D eigenvalue weighted by molar-refractivity contribution is 0.0406. The van der Waals surface area contributed by atoms with Crippen LogP contribution in [0.2, 0.25) is 0 Å². The molecule has 2 aliphatic rings. The highest BCUT2D eigenvalue weighted by Crippen LogP contribution is 2.37. The van der Waals surface area contributed by atoms with E-state index in [-0.39, 0.29) is 11.2 Å². The lowest BCUT2D eigenvalue weighted by Crippen LogP contribution is -2.41. The number of hydrogen-bond donors (Lipinski definition) is 0. The minimum atomic E-state index is -0.187. The van der Waals surface area contributed by atoms with Crippen molar-refractivity contribution in [3.63, 3.8) is 0 Å². The van der Waals surface area contributed by atoms with Crippen LogP contribution in [0.15, 0.2) is 45.6 Å². The summed E-state index contributed by atoms with van der Waals surface area (Å²) in [7, 11) is 0. The molecule has 1 saturated carbocycles. The molecule has 0 N–H and O–H groups in total. The normalized spacial score (nSPS) is 17.1. The van der Waals surface area contributed by atoms with Crippen molar-refractivity contribution in [2.75, 3.05) is 13.3 Å². The molecule has 6 nitrogen and oxygen atoms in total. The molecule has 1 aliphatic carbocycles. The molecular formula is C26H29NO5. The van der Waals surface area contributed by atoms with E-state index >= 15 is 0 Å². The first-order valence-corrected chi connectivity index (χ1v) is 11.5. The SMILES string of the molecule is CCOc1ccccc1Oc1c(C)oc2c3c(ccc2c1=O)OCN(C1CCCCC1)C3. The lowest BCUT2D eigenvalue weighted by Gasteiger charge is -2.37. The van der Waals surface area contributed by atoms with Gasteiger partial charge >= 0.3 is 0 Å². The van der Waals surface area contributed by atoms with Gasteiger partial charge in [-0.1, -0.05) is 31.4 Å². The molecule has 1 aromatic heterocycles. The van der Waals surface area contributed by atoms with Crippen LogP contribution in [0.4, 0.5) is 0 Å². The Morgan fingerprint density at radius 1 is 1.06 bits per heavy atom. The topological polar surface area (TPSA) is 61.1 Å². The lowest BCUT2D eigenvalue weighted by atomic mass is 9.93. The number of benzene rings is 2. The van der Waals surface area contributed by atoms with Crippen molar-refractivity contribution in [1.82, 2.24) is 4.90 Å². The minimum Gasteiger partial charge on any atom is -0.490 e. The number of hydrogen-bond acceptors (Lipinski definition) is 6. The highest BCUT2D eigenvalue weighted by molar-refractivity contribution is 5.83. The Balaban J connectivity index is 1.52. The van der Waals surface area contributed by atoms with E-state index in [4.69, 9.17) is 18.6 Å². The molecule has 0 saturated heterocycles. The molecule has 6 heteroatoms. The number of aryl methyl sites for hydroxylation is 1. The molecular weight excluding hydrogens is 406 g/mol. The molecule has 2 heterocycles. The second-order valence-electron chi connectivity index (χ2n) is 8.53. The molecule has 0 bridgehead atoms. The van der Waals surface area contributed by atoms with Gasteiger partial charge in [0.25, 0.3) is 0 Å². The van der Waals surface area contributed by atoms with Gasteiger partial charge in [-0.3, -0.25) is 9.69 Å². The van der Waals surface area contributed by atoms with Crippen LogP contribution >= 0.6 is 0 Å². The molecule has 3 aromatic rings. The third-order valence-corrected chi connectivity index (χ3v) is 6.44. The van der Waals surface area contributed by atoms with Crippen LogP contribution in [0.1, 0.15) is 50.4 Å². The number of rotatable bonds is 5.